The summed E-state index contributed by atoms with van der Waals surface area (Å²) in [7, 11) is 0. The van der Waals surface area contributed by atoms with E-state index in [1.807, 2.05) is 0 Å². The van der Waals surface area contributed by atoms with Crippen molar-refractivity contribution in [3.05, 3.63) is 0 Å². The second-order valence-corrected chi connectivity index (χ2v) is 2.83. The third-order valence-electron chi connectivity index (χ3n) is 2.17. The lowest BCUT2D eigenvalue weighted by Crippen LogP contribution is -2.20. The van der Waals surface area contributed by atoms with E-state index in [0.717, 1.165) is 6.29 Å². The van der Waals surface area contributed by atoms with Gasteiger partial charge in [-0.05, 0) is 0 Å². The second-order valence-electron chi connectivity index (χ2n) is 2.83. The minimum atomic E-state index is -0.425. The van der Waals surface area contributed by atoms with Crippen LogP contribution in [0.4, 0.5) is 0 Å². The maximum absolute atomic E-state index is 10.7. The Morgan fingerprint density at radius 1 is 1.55 bits per heavy atom. The lowest BCUT2D eigenvalue weighted by atomic mass is 9.99. The molecule has 0 spiro atoms. The van der Waals surface area contributed by atoms with Gasteiger partial charge < -0.3 is 14.3 Å². The molecule has 0 bridgehead atoms. The lowest BCUT2D eigenvalue weighted by Gasteiger charge is -2.05. The topological polar surface area (TPSA) is 52.6 Å². The Morgan fingerprint density at radius 3 is 3.09 bits per heavy atom. The number of rotatable bonds is 1. The molecule has 2 aliphatic rings. The van der Waals surface area contributed by atoms with Gasteiger partial charge in [0.2, 0.25) is 0 Å². The molecule has 2 fully saturated rings. The molecule has 0 unspecified atom stereocenters. The first-order chi connectivity index (χ1) is 5.31. The van der Waals surface area contributed by atoms with Crippen LogP contribution in [0.3, 0.4) is 0 Å². The third kappa shape index (κ3) is 0.939. The van der Waals surface area contributed by atoms with Gasteiger partial charge in [0.25, 0.3) is 0 Å². The highest BCUT2D eigenvalue weighted by atomic mass is 16.6. The maximum atomic E-state index is 10.7. The summed E-state index contributed by atoms with van der Waals surface area (Å²) in [6.45, 7) is 0.375. The van der Waals surface area contributed by atoms with Crippen molar-refractivity contribution in [3.63, 3.8) is 0 Å². The van der Waals surface area contributed by atoms with E-state index < -0.39 is 6.10 Å². The summed E-state index contributed by atoms with van der Waals surface area (Å²) in [5.41, 5.74) is 0. The van der Waals surface area contributed by atoms with Crippen molar-refractivity contribution in [2.75, 3.05) is 6.61 Å². The van der Waals surface area contributed by atoms with Gasteiger partial charge in [0.15, 0.2) is 0 Å². The highest BCUT2D eigenvalue weighted by Crippen LogP contribution is 2.31. The van der Waals surface area contributed by atoms with E-state index in [2.05, 4.69) is 0 Å². The average Bonchev–Trinajstić information content (AvgIpc) is 2.45. The van der Waals surface area contributed by atoms with Crippen LogP contribution in [0.15, 0.2) is 0 Å². The average molecular weight is 156 g/mol. The maximum Gasteiger partial charge on any atom is 0.306 e. The SMILES string of the molecule is O=C[C@H]1OC[C@@H]2OC(=O)C[C@@H]21. The molecule has 4 heteroatoms. The van der Waals surface area contributed by atoms with Crippen LogP contribution in [-0.4, -0.2) is 31.1 Å². The van der Waals surface area contributed by atoms with E-state index in [4.69, 9.17) is 9.47 Å². The van der Waals surface area contributed by atoms with Crippen LogP contribution in [0, 0.1) is 5.92 Å². The number of esters is 1. The monoisotopic (exact) mass is 156 g/mol. The zero-order chi connectivity index (χ0) is 7.84. The first kappa shape index (κ1) is 6.79. The summed E-state index contributed by atoms with van der Waals surface area (Å²) in [5, 5.41) is 0. The van der Waals surface area contributed by atoms with Gasteiger partial charge in [-0.25, -0.2) is 0 Å². The van der Waals surface area contributed by atoms with Gasteiger partial charge in [-0.1, -0.05) is 0 Å². The fourth-order valence-electron chi connectivity index (χ4n) is 1.58. The molecule has 0 aromatic rings. The number of carbonyl (C=O) groups excluding carboxylic acids is 2. The van der Waals surface area contributed by atoms with Crippen molar-refractivity contribution >= 4 is 12.3 Å². The van der Waals surface area contributed by atoms with Crippen molar-refractivity contribution < 1.29 is 19.1 Å². The van der Waals surface area contributed by atoms with Crippen molar-refractivity contribution in [2.24, 2.45) is 5.92 Å². The molecule has 4 nitrogen and oxygen atoms in total. The van der Waals surface area contributed by atoms with Crippen LogP contribution in [0.25, 0.3) is 0 Å². The predicted octanol–water partition coefficient (Wildman–Crippen LogP) is -0.484. The van der Waals surface area contributed by atoms with Crippen molar-refractivity contribution in [1.29, 1.82) is 0 Å². The fourth-order valence-corrected chi connectivity index (χ4v) is 1.58. The normalized spacial score (nSPS) is 41.8. The van der Waals surface area contributed by atoms with Gasteiger partial charge in [-0.15, -0.1) is 0 Å². The van der Waals surface area contributed by atoms with Crippen LogP contribution in [-0.2, 0) is 19.1 Å². The summed E-state index contributed by atoms with van der Waals surface area (Å²) in [6.07, 6.45) is 0.477. The molecule has 0 radical (unpaired) electrons. The summed E-state index contributed by atoms with van der Waals surface area (Å²) in [4.78, 5) is 21.1. The van der Waals surface area contributed by atoms with Crippen LogP contribution < -0.4 is 0 Å². The van der Waals surface area contributed by atoms with Gasteiger partial charge in [0.05, 0.1) is 13.0 Å². The summed E-state index contributed by atoms with van der Waals surface area (Å²) in [5.74, 6) is -0.241. The van der Waals surface area contributed by atoms with Crippen molar-refractivity contribution in [2.45, 2.75) is 18.6 Å². The van der Waals surface area contributed by atoms with Crippen molar-refractivity contribution in [3.8, 4) is 0 Å². The minimum Gasteiger partial charge on any atom is -0.459 e. The van der Waals surface area contributed by atoms with E-state index in [1.54, 1.807) is 0 Å². The number of aldehydes is 1. The molecule has 0 aromatic carbocycles. The highest BCUT2D eigenvalue weighted by Gasteiger charge is 2.45. The first-order valence-electron chi connectivity index (χ1n) is 3.57. The van der Waals surface area contributed by atoms with Gasteiger partial charge in [0.1, 0.15) is 18.5 Å². The van der Waals surface area contributed by atoms with E-state index >= 15 is 0 Å². The molecule has 2 heterocycles. The highest BCUT2D eigenvalue weighted by molar-refractivity contribution is 5.74. The zero-order valence-electron chi connectivity index (χ0n) is 5.86. The van der Waals surface area contributed by atoms with Crippen LogP contribution in [0.2, 0.25) is 0 Å². The molecule has 3 atom stereocenters. The van der Waals surface area contributed by atoms with Crippen molar-refractivity contribution in [1.82, 2.24) is 0 Å². The standard InChI is InChI=1S/C7H8O4/c8-2-5-4-1-7(9)11-6(4)3-10-5/h2,4-6H,1,3H2/t4-,5-,6+/m1/s1. The molecule has 2 rings (SSSR count). The minimum absolute atomic E-state index is 0.0278. The van der Waals surface area contributed by atoms with Gasteiger partial charge >= 0.3 is 5.97 Å². The van der Waals surface area contributed by atoms with E-state index in [-0.39, 0.29) is 18.0 Å². The largest absolute Gasteiger partial charge is 0.459 e. The third-order valence-corrected chi connectivity index (χ3v) is 2.17. The van der Waals surface area contributed by atoms with Crippen LogP contribution >= 0.6 is 0 Å². The van der Waals surface area contributed by atoms with E-state index in [1.165, 1.54) is 0 Å². The fraction of sp³-hybridized carbons (Fsp3) is 0.714. The molecule has 0 amide bonds. The first-order valence-corrected chi connectivity index (χ1v) is 3.57. The van der Waals surface area contributed by atoms with Gasteiger partial charge in [0, 0.05) is 5.92 Å². The molecular weight excluding hydrogens is 148 g/mol. The van der Waals surface area contributed by atoms with Crippen LogP contribution in [0.1, 0.15) is 6.42 Å². The molecule has 11 heavy (non-hydrogen) atoms. The second kappa shape index (κ2) is 2.30. The molecule has 0 aliphatic carbocycles. The molecule has 2 saturated heterocycles. The quantitative estimate of drug-likeness (QED) is 0.380. The number of fused-ring (bicyclic) bond motifs is 1. The van der Waals surface area contributed by atoms with E-state index in [0.29, 0.717) is 13.0 Å². The Kier molecular flexibility index (Phi) is 1.42. The Morgan fingerprint density at radius 2 is 2.36 bits per heavy atom. The zero-order valence-corrected chi connectivity index (χ0v) is 5.86. The summed E-state index contributed by atoms with van der Waals surface area (Å²) < 4.78 is 9.97. The molecule has 60 valence electrons. The number of ether oxygens (including phenoxy) is 2. The lowest BCUT2D eigenvalue weighted by molar-refractivity contribution is -0.142. The molecule has 0 N–H and O–H groups in total. The van der Waals surface area contributed by atoms with Gasteiger partial charge in [-0.2, -0.15) is 0 Å². The number of hydrogen-bond acceptors (Lipinski definition) is 4. The number of hydrogen-bond donors (Lipinski definition) is 0. The Labute approximate surface area is 63.5 Å². The molecule has 0 saturated carbocycles. The molecule has 2 aliphatic heterocycles. The van der Waals surface area contributed by atoms with Crippen LogP contribution in [0.5, 0.6) is 0 Å². The number of carbonyl (C=O) groups is 2. The van der Waals surface area contributed by atoms with E-state index in [9.17, 15) is 9.59 Å². The molecular formula is C7H8O4. The predicted molar refractivity (Wildman–Crippen MR) is 33.8 cm³/mol. The van der Waals surface area contributed by atoms with Gasteiger partial charge in [-0.3, -0.25) is 4.79 Å². The smallest absolute Gasteiger partial charge is 0.306 e. The Balaban J connectivity index is 2.12. The Hall–Kier alpha value is -0.900. The summed E-state index contributed by atoms with van der Waals surface area (Å²) >= 11 is 0. The molecule has 0 aromatic heterocycles. The summed E-state index contributed by atoms with van der Waals surface area (Å²) in [6, 6.07) is 0. The Bertz CT molecular complexity index is 201.